The summed E-state index contributed by atoms with van der Waals surface area (Å²) in [6.07, 6.45) is -0.768. The third-order valence-electron chi connectivity index (χ3n) is 2.83. The number of aromatic carboxylic acids is 1. The molecule has 0 bridgehead atoms. The number of rotatable bonds is 4. The highest BCUT2D eigenvalue weighted by atomic mass is 16.5. The van der Waals surface area contributed by atoms with Crippen LogP contribution in [0.1, 0.15) is 21.5 Å². The standard InChI is InChI=1S/C16H12N2O4/c17-9-12-6-7-14(13(8-12)15(19)20)18-16(21)22-10-11-4-2-1-3-5-11/h1-8H,10H2,(H,18,21)(H,19,20). The molecule has 0 spiro atoms. The lowest BCUT2D eigenvalue weighted by atomic mass is 10.1. The zero-order valence-electron chi connectivity index (χ0n) is 11.4. The van der Waals surface area contributed by atoms with Crippen LogP contribution in [0.3, 0.4) is 0 Å². The van der Waals surface area contributed by atoms with Crippen molar-refractivity contribution in [1.29, 1.82) is 5.26 Å². The fraction of sp³-hybridized carbons (Fsp3) is 0.0625. The van der Waals surface area contributed by atoms with E-state index < -0.39 is 12.1 Å². The Morgan fingerprint density at radius 1 is 1.18 bits per heavy atom. The van der Waals surface area contributed by atoms with Crippen LogP contribution in [0.15, 0.2) is 48.5 Å². The van der Waals surface area contributed by atoms with Crippen molar-refractivity contribution < 1.29 is 19.4 Å². The van der Waals surface area contributed by atoms with Gasteiger partial charge in [-0.1, -0.05) is 30.3 Å². The summed E-state index contributed by atoms with van der Waals surface area (Å²) in [5, 5.41) is 20.2. The van der Waals surface area contributed by atoms with Gasteiger partial charge in [0.05, 0.1) is 22.9 Å². The van der Waals surface area contributed by atoms with Gasteiger partial charge in [-0.05, 0) is 23.8 Å². The average molecular weight is 296 g/mol. The minimum atomic E-state index is -1.24. The van der Waals surface area contributed by atoms with Crippen molar-refractivity contribution in [3.05, 3.63) is 65.2 Å². The summed E-state index contributed by atoms with van der Waals surface area (Å²) < 4.78 is 5.02. The van der Waals surface area contributed by atoms with E-state index in [1.54, 1.807) is 12.1 Å². The van der Waals surface area contributed by atoms with Crippen LogP contribution in [0.2, 0.25) is 0 Å². The molecule has 0 aliphatic carbocycles. The van der Waals surface area contributed by atoms with Crippen LogP contribution in [0, 0.1) is 11.3 Å². The Morgan fingerprint density at radius 2 is 1.91 bits per heavy atom. The molecule has 0 saturated heterocycles. The molecule has 0 atom stereocenters. The van der Waals surface area contributed by atoms with E-state index in [1.807, 2.05) is 24.3 Å². The van der Waals surface area contributed by atoms with Gasteiger partial charge in [-0.25, -0.2) is 9.59 Å². The van der Waals surface area contributed by atoms with Crippen LogP contribution in [0.25, 0.3) is 0 Å². The molecule has 2 N–H and O–H groups in total. The third-order valence-corrected chi connectivity index (χ3v) is 2.83. The van der Waals surface area contributed by atoms with E-state index >= 15 is 0 Å². The van der Waals surface area contributed by atoms with Crippen molar-refractivity contribution in [2.75, 3.05) is 5.32 Å². The highest BCUT2D eigenvalue weighted by molar-refractivity contribution is 5.99. The lowest BCUT2D eigenvalue weighted by Crippen LogP contribution is -2.16. The third kappa shape index (κ3) is 3.84. The van der Waals surface area contributed by atoms with Crippen molar-refractivity contribution in [3.8, 4) is 6.07 Å². The van der Waals surface area contributed by atoms with E-state index in [0.29, 0.717) is 0 Å². The van der Waals surface area contributed by atoms with Crippen LogP contribution in [0.4, 0.5) is 10.5 Å². The second kappa shape index (κ2) is 6.90. The molecule has 22 heavy (non-hydrogen) atoms. The Balaban J connectivity index is 2.05. The maximum atomic E-state index is 11.7. The number of amides is 1. The highest BCUT2D eigenvalue weighted by Crippen LogP contribution is 2.18. The van der Waals surface area contributed by atoms with E-state index in [2.05, 4.69) is 5.32 Å². The number of nitrogens with zero attached hydrogens (tertiary/aromatic N) is 1. The maximum absolute atomic E-state index is 11.7. The number of benzene rings is 2. The highest BCUT2D eigenvalue weighted by Gasteiger charge is 2.14. The number of nitrogens with one attached hydrogen (secondary N) is 1. The second-order valence-corrected chi connectivity index (χ2v) is 4.36. The molecule has 0 radical (unpaired) electrons. The van der Waals surface area contributed by atoms with Gasteiger partial charge in [0.1, 0.15) is 6.61 Å². The van der Waals surface area contributed by atoms with Gasteiger partial charge in [0, 0.05) is 0 Å². The molecule has 0 aliphatic heterocycles. The molecule has 0 unspecified atom stereocenters. The molecule has 2 rings (SSSR count). The number of hydrogen-bond donors (Lipinski definition) is 2. The molecule has 2 aromatic rings. The van der Waals surface area contributed by atoms with Crippen LogP contribution in [-0.2, 0) is 11.3 Å². The van der Waals surface area contributed by atoms with Gasteiger partial charge < -0.3 is 9.84 Å². The number of anilines is 1. The lowest BCUT2D eigenvalue weighted by Gasteiger charge is -2.09. The minimum absolute atomic E-state index is 0.0737. The van der Waals surface area contributed by atoms with E-state index in [0.717, 1.165) is 5.56 Å². The van der Waals surface area contributed by atoms with Crippen LogP contribution in [0.5, 0.6) is 0 Å². The smallest absolute Gasteiger partial charge is 0.411 e. The molecule has 0 fully saturated rings. The number of carboxylic acid groups (broad SMARTS) is 1. The average Bonchev–Trinajstić information content (AvgIpc) is 2.54. The quantitative estimate of drug-likeness (QED) is 0.903. The van der Waals surface area contributed by atoms with Crippen molar-refractivity contribution in [2.45, 2.75) is 6.61 Å². The second-order valence-electron chi connectivity index (χ2n) is 4.36. The fourth-order valence-electron chi connectivity index (χ4n) is 1.77. The number of hydrogen-bond acceptors (Lipinski definition) is 4. The zero-order chi connectivity index (χ0) is 15.9. The van der Waals surface area contributed by atoms with E-state index in [1.165, 1.54) is 18.2 Å². The Hall–Kier alpha value is -3.33. The van der Waals surface area contributed by atoms with E-state index in [-0.39, 0.29) is 23.4 Å². The van der Waals surface area contributed by atoms with Crippen molar-refractivity contribution in [1.82, 2.24) is 0 Å². The molecule has 110 valence electrons. The summed E-state index contributed by atoms with van der Waals surface area (Å²) in [7, 11) is 0. The Labute approximate surface area is 126 Å². The van der Waals surface area contributed by atoms with E-state index in [9.17, 15) is 9.59 Å². The van der Waals surface area contributed by atoms with Gasteiger partial charge in [-0.2, -0.15) is 5.26 Å². The normalized spacial score (nSPS) is 9.59. The number of carbonyl (C=O) groups excluding carboxylic acids is 1. The zero-order valence-corrected chi connectivity index (χ0v) is 11.4. The van der Waals surface area contributed by atoms with E-state index in [4.69, 9.17) is 15.1 Å². The van der Waals surface area contributed by atoms with Crippen LogP contribution < -0.4 is 5.32 Å². The molecule has 2 aromatic carbocycles. The van der Waals surface area contributed by atoms with Gasteiger partial charge in [0.2, 0.25) is 0 Å². The fourth-order valence-corrected chi connectivity index (χ4v) is 1.77. The van der Waals surface area contributed by atoms with Gasteiger partial charge in [0.15, 0.2) is 0 Å². The first-order chi connectivity index (χ1) is 10.6. The van der Waals surface area contributed by atoms with Crippen LogP contribution >= 0.6 is 0 Å². The lowest BCUT2D eigenvalue weighted by molar-refractivity contribution is 0.0698. The minimum Gasteiger partial charge on any atom is -0.478 e. The summed E-state index contributed by atoms with van der Waals surface area (Å²) in [5.74, 6) is -1.24. The van der Waals surface area contributed by atoms with Gasteiger partial charge in [0.25, 0.3) is 0 Å². The topological polar surface area (TPSA) is 99.4 Å². The molecular formula is C16H12N2O4. The molecule has 0 heterocycles. The monoisotopic (exact) mass is 296 g/mol. The number of ether oxygens (including phenoxy) is 1. The molecule has 0 aliphatic rings. The predicted molar refractivity (Wildman–Crippen MR) is 78.4 cm³/mol. The van der Waals surface area contributed by atoms with Crippen molar-refractivity contribution in [3.63, 3.8) is 0 Å². The molecular weight excluding hydrogens is 284 g/mol. The van der Waals surface area contributed by atoms with Crippen molar-refractivity contribution >= 4 is 17.7 Å². The van der Waals surface area contributed by atoms with Gasteiger partial charge >= 0.3 is 12.1 Å². The van der Waals surface area contributed by atoms with Crippen LogP contribution in [-0.4, -0.2) is 17.2 Å². The Kier molecular flexibility index (Phi) is 4.73. The molecule has 6 heteroatoms. The number of nitriles is 1. The first-order valence-electron chi connectivity index (χ1n) is 6.35. The Morgan fingerprint density at radius 3 is 2.55 bits per heavy atom. The first-order valence-corrected chi connectivity index (χ1v) is 6.35. The van der Waals surface area contributed by atoms with Gasteiger partial charge in [-0.3, -0.25) is 5.32 Å². The summed E-state index contributed by atoms with van der Waals surface area (Å²) in [6.45, 7) is 0.0748. The van der Waals surface area contributed by atoms with Crippen molar-refractivity contribution in [2.24, 2.45) is 0 Å². The molecule has 1 amide bonds. The molecule has 0 aromatic heterocycles. The number of carbonyl (C=O) groups is 2. The summed E-state index contributed by atoms with van der Waals surface area (Å²) in [6, 6.07) is 14.9. The summed E-state index contributed by atoms with van der Waals surface area (Å²) >= 11 is 0. The Bertz CT molecular complexity index is 736. The van der Waals surface area contributed by atoms with Gasteiger partial charge in [-0.15, -0.1) is 0 Å². The largest absolute Gasteiger partial charge is 0.478 e. The number of carboxylic acids is 1. The summed E-state index contributed by atoms with van der Waals surface area (Å²) in [5.41, 5.74) is 0.914. The summed E-state index contributed by atoms with van der Waals surface area (Å²) in [4.78, 5) is 22.9. The maximum Gasteiger partial charge on any atom is 0.411 e. The molecule has 6 nitrogen and oxygen atoms in total. The first kappa shape index (κ1) is 15.1. The SMILES string of the molecule is N#Cc1ccc(NC(=O)OCc2ccccc2)c(C(=O)O)c1. The predicted octanol–water partition coefficient (Wildman–Crippen LogP) is 3.01. The molecule has 0 saturated carbocycles.